The highest BCUT2D eigenvalue weighted by atomic mass is 35.5. The van der Waals surface area contributed by atoms with Crippen LogP contribution < -0.4 is 10.5 Å². The Balaban J connectivity index is 3.20. The summed E-state index contributed by atoms with van der Waals surface area (Å²) in [5.41, 5.74) is 5.01. The van der Waals surface area contributed by atoms with E-state index in [0.717, 1.165) is 6.07 Å². The topological polar surface area (TPSA) is 48.1 Å². The Morgan fingerprint density at radius 2 is 2.23 bits per heavy atom. The zero-order valence-corrected chi connectivity index (χ0v) is 7.48. The van der Waals surface area contributed by atoms with E-state index < -0.39 is 6.43 Å². The van der Waals surface area contributed by atoms with E-state index in [9.17, 15) is 8.78 Å². The average molecular weight is 209 g/mol. The molecule has 0 spiro atoms. The first-order chi connectivity index (χ1) is 6.06. The second-order valence-electron chi connectivity index (χ2n) is 2.27. The Morgan fingerprint density at radius 1 is 1.62 bits per heavy atom. The van der Waals surface area contributed by atoms with Crippen molar-refractivity contribution in [3.63, 3.8) is 0 Å². The number of rotatable bonds is 2. The summed E-state index contributed by atoms with van der Waals surface area (Å²) in [5.74, 6) is 0.0504. The molecule has 0 aliphatic carbocycles. The summed E-state index contributed by atoms with van der Waals surface area (Å²) in [6, 6.07) is 1.05. The largest absolute Gasteiger partial charge is 0.479 e. The number of pyridine rings is 1. The summed E-state index contributed by atoms with van der Waals surface area (Å²) >= 11 is 5.45. The summed E-state index contributed by atoms with van der Waals surface area (Å²) in [5, 5.41) is -0.291. The molecule has 0 aliphatic rings. The fraction of sp³-hybridized carbons (Fsp3) is 0.286. The van der Waals surface area contributed by atoms with Crippen LogP contribution in [0.5, 0.6) is 5.88 Å². The fourth-order valence-corrected chi connectivity index (χ4v) is 1.04. The van der Waals surface area contributed by atoms with Gasteiger partial charge < -0.3 is 10.5 Å². The maximum Gasteiger partial charge on any atom is 0.266 e. The highest BCUT2D eigenvalue weighted by Crippen LogP contribution is 2.31. The lowest BCUT2D eigenvalue weighted by Crippen LogP contribution is -1.99. The standard InChI is InChI=1S/C7H7ClF2N2O/c1-13-7-4(11)2-3(6(9)10)5(8)12-7/h2,6H,11H2,1H3. The molecule has 0 aromatic carbocycles. The maximum atomic E-state index is 12.2. The SMILES string of the molecule is COc1nc(Cl)c(C(F)F)cc1N. The minimum absolute atomic E-state index is 0.0437. The van der Waals surface area contributed by atoms with Crippen LogP contribution in [0.25, 0.3) is 0 Å². The van der Waals surface area contributed by atoms with Crippen LogP contribution in [0.3, 0.4) is 0 Å². The molecule has 0 bridgehead atoms. The normalized spacial score (nSPS) is 10.5. The molecule has 2 N–H and O–H groups in total. The Kier molecular flexibility index (Phi) is 2.87. The molecule has 0 saturated carbocycles. The van der Waals surface area contributed by atoms with Crippen LogP contribution in [-0.2, 0) is 0 Å². The summed E-state index contributed by atoms with van der Waals surface area (Å²) < 4.78 is 29.1. The number of halogens is 3. The van der Waals surface area contributed by atoms with E-state index in [-0.39, 0.29) is 22.3 Å². The van der Waals surface area contributed by atoms with Crippen LogP contribution in [0.1, 0.15) is 12.0 Å². The Labute approximate surface area is 78.5 Å². The molecule has 0 aliphatic heterocycles. The number of aromatic nitrogens is 1. The molecule has 0 amide bonds. The first kappa shape index (κ1) is 9.98. The quantitative estimate of drug-likeness (QED) is 0.759. The second-order valence-corrected chi connectivity index (χ2v) is 2.63. The zero-order valence-electron chi connectivity index (χ0n) is 6.72. The third kappa shape index (κ3) is 1.98. The van der Waals surface area contributed by atoms with Gasteiger partial charge in [0.2, 0.25) is 5.88 Å². The lowest BCUT2D eigenvalue weighted by Gasteiger charge is -2.07. The van der Waals surface area contributed by atoms with Gasteiger partial charge in [0.1, 0.15) is 5.15 Å². The van der Waals surface area contributed by atoms with E-state index in [1.165, 1.54) is 7.11 Å². The van der Waals surface area contributed by atoms with Crippen molar-refractivity contribution in [2.45, 2.75) is 6.43 Å². The predicted molar refractivity (Wildman–Crippen MR) is 45.2 cm³/mol. The molecule has 1 aromatic heterocycles. The number of ether oxygens (including phenoxy) is 1. The summed E-state index contributed by atoms with van der Waals surface area (Å²) in [6.07, 6.45) is -2.69. The van der Waals surface area contributed by atoms with Crippen LogP contribution in [0.2, 0.25) is 5.15 Å². The Bertz CT molecular complexity index is 320. The molecular formula is C7H7ClF2N2O. The van der Waals surface area contributed by atoms with Crippen molar-refractivity contribution in [1.29, 1.82) is 0 Å². The lowest BCUT2D eigenvalue weighted by atomic mass is 10.2. The number of nitrogens with two attached hydrogens (primary N) is 1. The third-order valence-corrected chi connectivity index (χ3v) is 1.73. The van der Waals surface area contributed by atoms with Gasteiger partial charge in [-0.3, -0.25) is 0 Å². The van der Waals surface area contributed by atoms with Crippen LogP contribution in [0.15, 0.2) is 6.07 Å². The van der Waals surface area contributed by atoms with Gasteiger partial charge in [0.25, 0.3) is 6.43 Å². The second kappa shape index (κ2) is 3.74. The number of nitrogen functional groups attached to an aromatic ring is 1. The Morgan fingerprint density at radius 3 is 2.69 bits per heavy atom. The Hall–Kier alpha value is -1.10. The van der Waals surface area contributed by atoms with Crippen LogP contribution in [-0.4, -0.2) is 12.1 Å². The van der Waals surface area contributed by atoms with E-state index in [1.807, 2.05) is 0 Å². The number of hydrogen-bond donors (Lipinski definition) is 1. The number of anilines is 1. The van der Waals surface area contributed by atoms with Crippen molar-refractivity contribution < 1.29 is 13.5 Å². The van der Waals surface area contributed by atoms with Gasteiger partial charge in [-0.05, 0) is 6.07 Å². The van der Waals surface area contributed by atoms with E-state index >= 15 is 0 Å². The van der Waals surface area contributed by atoms with Crippen molar-refractivity contribution in [2.24, 2.45) is 0 Å². The first-order valence-corrected chi connectivity index (χ1v) is 3.72. The van der Waals surface area contributed by atoms with Crippen molar-refractivity contribution in [3.05, 3.63) is 16.8 Å². The maximum absolute atomic E-state index is 12.2. The van der Waals surface area contributed by atoms with Crippen LogP contribution in [0.4, 0.5) is 14.5 Å². The van der Waals surface area contributed by atoms with E-state index in [4.69, 9.17) is 22.1 Å². The van der Waals surface area contributed by atoms with Crippen LogP contribution >= 0.6 is 11.6 Å². The number of alkyl halides is 2. The number of methoxy groups -OCH3 is 1. The monoisotopic (exact) mass is 208 g/mol. The highest BCUT2D eigenvalue weighted by molar-refractivity contribution is 6.30. The third-order valence-electron chi connectivity index (χ3n) is 1.42. The molecule has 72 valence electrons. The average Bonchev–Trinajstić information content (AvgIpc) is 2.07. The lowest BCUT2D eigenvalue weighted by molar-refractivity contribution is 0.151. The molecule has 0 atom stereocenters. The van der Waals surface area contributed by atoms with Crippen molar-refractivity contribution >= 4 is 17.3 Å². The molecule has 1 aromatic rings. The van der Waals surface area contributed by atoms with Crippen LogP contribution in [0, 0.1) is 0 Å². The summed E-state index contributed by atoms with van der Waals surface area (Å²) in [7, 11) is 1.33. The number of nitrogens with zero attached hydrogens (tertiary/aromatic N) is 1. The molecule has 0 saturated heterocycles. The van der Waals surface area contributed by atoms with Gasteiger partial charge in [-0.25, -0.2) is 8.78 Å². The minimum atomic E-state index is -2.69. The summed E-state index contributed by atoms with van der Waals surface area (Å²) in [6.45, 7) is 0. The van der Waals surface area contributed by atoms with Gasteiger partial charge in [-0.1, -0.05) is 11.6 Å². The molecule has 1 heterocycles. The van der Waals surface area contributed by atoms with Gasteiger partial charge in [0.05, 0.1) is 18.4 Å². The van der Waals surface area contributed by atoms with E-state index in [1.54, 1.807) is 0 Å². The number of hydrogen-bond acceptors (Lipinski definition) is 3. The molecule has 3 nitrogen and oxygen atoms in total. The first-order valence-electron chi connectivity index (χ1n) is 3.34. The van der Waals surface area contributed by atoms with E-state index in [0.29, 0.717) is 0 Å². The van der Waals surface area contributed by atoms with Gasteiger partial charge in [-0.15, -0.1) is 0 Å². The van der Waals surface area contributed by atoms with Crippen molar-refractivity contribution in [1.82, 2.24) is 4.98 Å². The molecule has 0 unspecified atom stereocenters. The predicted octanol–water partition coefficient (Wildman–Crippen LogP) is 2.26. The summed E-state index contributed by atoms with van der Waals surface area (Å²) in [4.78, 5) is 3.55. The van der Waals surface area contributed by atoms with E-state index in [2.05, 4.69) is 4.98 Å². The van der Waals surface area contributed by atoms with Crippen molar-refractivity contribution in [3.8, 4) is 5.88 Å². The van der Waals surface area contributed by atoms with Gasteiger partial charge in [0.15, 0.2) is 0 Å². The molecule has 1 rings (SSSR count). The smallest absolute Gasteiger partial charge is 0.266 e. The zero-order chi connectivity index (χ0) is 10.0. The van der Waals surface area contributed by atoms with Gasteiger partial charge >= 0.3 is 0 Å². The van der Waals surface area contributed by atoms with Crippen molar-refractivity contribution in [2.75, 3.05) is 12.8 Å². The molecule has 6 heteroatoms. The van der Waals surface area contributed by atoms with Gasteiger partial charge in [0, 0.05) is 0 Å². The highest BCUT2D eigenvalue weighted by Gasteiger charge is 2.16. The fourth-order valence-electron chi connectivity index (χ4n) is 0.824. The minimum Gasteiger partial charge on any atom is -0.479 e. The molecule has 0 fully saturated rings. The molecule has 0 radical (unpaired) electrons. The molecule has 13 heavy (non-hydrogen) atoms. The molecular weight excluding hydrogens is 202 g/mol. The van der Waals surface area contributed by atoms with Gasteiger partial charge in [-0.2, -0.15) is 4.98 Å².